The highest BCUT2D eigenvalue weighted by atomic mass is 16.3. The van der Waals surface area contributed by atoms with Crippen LogP contribution in [0.3, 0.4) is 0 Å². The molecule has 0 spiro atoms. The zero-order valence-electron chi connectivity index (χ0n) is 9.00. The maximum atomic E-state index is 5.52. The summed E-state index contributed by atoms with van der Waals surface area (Å²) in [5.41, 5.74) is 7.61. The lowest BCUT2D eigenvalue weighted by Crippen LogP contribution is -1.95. The molecule has 0 aliphatic rings. The van der Waals surface area contributed by atoms with Crippen LogP contribution in [-0.4, -0.2) is 0 Å². The summed E-state index contributed by atoms with van der Waals surface area (Å²) in [4.78, 5) is 0. The molecule has 0 aliphatic carbocycles. The van der Waals surface area contributed by atoms with Crippen molar-refractivity contribution in [2.45, 2.75) is 27.3 Å². The number of aryl methyl sites for hydroxylation is 1. The van der Waals surface area contributed by atoms with Crippen LogP contribution in [0.15, 0.2) is 28.7 Å². The van der Waals surface area contributed by atoms with Crippen molar-refractivity contribution in [2.75, 3.05) is 0 Å². The van der Waals surface area contributed by atoms with Crippen molar-refractivity contribution in [1.29, 1.82) is 0 Å². The molecule has 0 aliphatic heterocycles. The first kappa shape index (κ1) is 10.8. The molecule has 0 fully saturated rings. The second-order valence-corrected chi connectivity index (χ2v) is 2.85. The van der Waals surface area contributed by atoms with E-state index in [2.05, 4.69) is 0 Å². The number of furan rings is 1. The topological polar surface area (TPSA) is 39.2 Å². The number of nitrogens with two attached hydrogens (primary N) is 1. The Morgan fingerprint density at radius 3 is 2.43 bits per heavy atom. The maximum absolute atomic E-state index is 5.52. The summed E-state index contributed by atoms with van der Waals surface area (Å²) in [7, 11) is 0. The molecule has 0 unspecified atom stereocenters. The molecule has 76 valence electrons. The summed E-state index contributed by atoms with van der Waals surface area (Å²) in [6, 6.07) is 7.98. The van der Waals surface area contributed by atoms with Gasteiger partial charge in [0, 0.05) is 5.39 Å². The third-order valence-electron chi connectivity index (χ3n) is 2.13. The van der Waals surface area contributed by atoms with E-state index in [0.717, 1.165) is 22.3 Å². The fourth-order valence-electron chi connectivity index (χ4n) is 1.42. The molecular weight excluding hydrogens is 174 g/mol. The van der Waals surface area contributed by atoms with E-state index in [0.29, 0.717) is 6.54 Å². The fraction of sp³-hybridized carbons (Fsp3) is 0.333. The largest absolute Gasteiger partial charge is 0.459 e. The third-order valence-corrected chi connectivity index (χ3v) is 2.13. The zero-order chi connectivity index (χ0) is 10.6. The molecule has 2 aromatic rings. The smallest absolute Gasteiger partial charge is 0.134 e. The Kier molecular flexibility index (Phi) is 3.72. The molecule has 0 bridgehead atoms. The van der Waals surface area contributed by atoms with E-state index in [1.165, 1.54) is 0 Å². The van der Waals surface area contributed by atoms with Gasteiger partial charge < -0.3 is 10.2 Å². The minimum Gasteiger partial charge on any atom is -0.459 e. The van der Waals surface area contributed by atoms with Gasteiger partial charge in [-0.2, -0.15) is 0 Å². The molecule has 0 saturated heterocycles. The summed E-state index contributed by atoms with van der Waals surface area (Å²) >= 11 is 0. The maximum Gasteiger partial charge on any atom is 0.134 e. The zero-order valence-corrected chi connectivity index (χ0v) is 9.00. The van der Waals surface area contributed by atoms with E-state index in [4.69, 9.17) is 10.2 Å². The highest BCUT2D eigenvalue weighted by Gasteiger charge is 2.06. The van der Waals surface area contributed by atoms with Crippen LogP contribution in [0.2, 0.25) is 0 Å². The predicted octanol–water partition coefficient (Wildman–Crippen LogP) is 3.23. The van der Waals surface area contributed by atoms with E-state index in [1.54, 1.807) is 0 Å². The standard InChI is InChI=1S/C10H11NO.C2H6/c1-7-8-4-2-3-5-9(8)12-10(7)6-11;1-2/h2-5H,6,11H2,1H3;1-2H3. The highest BCUT2D eigenvalue weighted by Crippen LogP contribution is 2.23. The predicted molar refractivity (Wildman–Crippen MR) is 60.2 cm³/mol. The molecule has 1 aromatic carbocycles. The van der Waals surface area contributed by atoms with Gasteiger partial charge >= 0.3 is 0 Å². The summed E-state index contributed by atoms with van der Waals surface area (Å²) in [5.74, 6) is 0.885. The van der Waals surface area contributed by atoms with Crippen molar-refractivity contribution in [3.8, 4) is 0 Å². The Morgan fingerprint density at radius 1 is 1.21 bits per heavy atom. The quantitative estimate of drug-likeness (QED) is 0.751. The SMILES string of the molecule is CC.Cc1c(CN)oc2ccccc12. The first-order valence-corrected chi connectivity index (χ1v) is 5.00. The molecule has 14 heavy (non-hydrogen) atoms. The molecule has 2 rings (SSSR count). The van der Waals surface area contributed by atoms with Crippen LogP contribution < -0.4 is 5.73 Å². The first-order chi connectivity index (χ1) is 6.83. The molecule has 2 heteroatoms. The average molecular weight is 191 g/mol. The number of hydrogen-bond acceptors (Lipinski definition) is 2. The number of fused-ring (bicyclic) bond motifs is 1. The number of para-hydroxylation sites is 1. The van der Waals surface area contributed by atoms with Crippen LogP contribution in [0.4, 0.5) is 0 Å². The molecule has 0 amide bonds. The van der Waals surface area contributed by atoms with Gasteiger partial charge in [-0.3, -0.25) is 0 Å². The van der Waals surface area contributed by atoms with Crippen LogP contribution in [0.1, 0.15) is 25.2 Å². The Hall–Kier alpha value is -1.28. The number of hydrogen-bond donors (Lipinski definition) is 1. The molecule has 0 saturated carbocycles. The number of benzene rings is 1. The van der Waals surface area contributed by atoms with Crippen molar-refractivity contribution in [3.05, 3.63) is 35.6 Å². The summed E-state index contributed by atoms with van der Waals surface area (Å²) in [5, 5.41) is 1.16. The van der Waals surface area contributed by atoms with E-state index < -0.39 is 0 Å². The lowest BCUT2D eigenvalue weighted by atomic mass is 10.1. The van der Waals surface area contributed by atoms with Gasteiger partial charge in [-0.1, -0.05) is 32.0 Å². The second kappa shape index (κ2) is 4.82. The van der Waals surface area contributed by atoms with Crippen molar-refractivity contribution >= 4 is 11.0 Å². The normalized spacial score (nSPS) is 9.71. The molecule has 2 nitrogen and oxygen atoms in total. The van der Waals surface area contributed by atoms with Crippen molar-refractivity contribution < 1.29 is 4.42 Å². The van der Waals surface area contributed by atoms with Crippen LogP contribution in [0.5, 0.6) is 0 Å². The average Bonchev–Trinajstić information content (AvgIpc) is 2.59. The second-order valence-electron chi connectivity index (χ2n) is 2.85. The van der Waals surface area contributed by atoms with E-state index in [1.807, 2.05) is 45.0 Å². The lowest BCUT2D eigenvalue weighted by Gasteiger charge is -1.88. The van der Waals surface area contributed by atoms with E-state index in [9.17, 15) is 0 Å². The molecule has 0 atom stereocenters. The van der Waals surface area contributed by atoms with Crippen molar-refractivity contribution in [3.63, 3.8) is 0 Å². The molecule has 1 heterocycles. The Bertz CT molecular complexity index is 404. The van der Waals surface area contributed by atoms with Crippen molar-refractivity contribution in [1.82, 2.24) is 0 Å². The molecular formula is C12H17NO. The molecule has 0 radical (unpaired) electrons. The number of rotatable bonds is 1. The fourth-order valence-corrected chi connectivity index (χ4v) is 1.42. The minimum absolute atomic E-state index is 0.473. The lowest BCUT2D eigenvalue weighted by molar-refractivity contribution is 0.548. The monoisotopic (exact) mass is 191 g/mol. The minimum atomic E-state index is 0.473. The highest BCUT2D eigenvalue weighted by molar-refractivity contribution is 5.81. The molecule has 1 aromatic heterocycles. The van der Waals surface area contributed by atoms with Gasteiger partial charge in [0.15, 0.2) is 0 Å². The van der Waals surface area contributed by atoms with Crippen molar-refractivity contribution in [2.24, 2.45) is 5.73 Å². The Labute approximate surface area is 84.7 Å². The summed E-state index contributed by atoms with van der Waals surface area (Å²) in [6.45, 7) is 6.51. The van der Waals surface area contributed by atoms with Gasteiger partial charge in [0.25, 0.3) is 0 Å². The van der Waals surface area contributed by atoms with Gasteiger partial charge in [0.05, 0.1) is 6.54 Å². The van der Waals surface area contributed by atoms with Crippen LogP contribution in [0.25, 0.3) is 11.0 Å². The first-order valence-electron chi connectivity index (χ1n) is 5.00. The molecule has 2 N–H and O–H groups in total. The van der Waals surface area contributed by atoms with Crippen LogP contribution in [-0.2, 0) is 6.54 Å². The van der Waals surface area contributed by atoms with Gasteiger partial charge in [-0.05, 0) is 18.6 Å². The van der Waals surface area contributed by atoms with E-state index >= 15 is 0 Å². The van der Waals surface area contributed by atoms with Crippen LogP contribution in [0, 0.1) is 6.92 Å². The van der Waals surface area contributed by atoms with Crippen LogP contribution >= 0.6 is 0 Å². The van der Waals surface area contributed by atoms with Gasteiger partial charge in [-0.15, -0.1) is 0 Å². The van der Waals surface area contributed by atoms with Gasteiger partial charge in [-0.25, -0.2) is 0 Å². The van der Waals surface area contributed by atoms with E-state index in [-0.39, 0.29) is 0 Å². The summed E-state index contributed by atoms with van der Waals surface area (Å²) in [6.07, 6.45) is 0. The third kappa shape index (κ3) is 1.80. The van der Waals surface area contributed by atoms with Gasteiger partial charge in [0.1, 0.15) is 11.3 Å². The Morgan fingerprint density at radius 2 is 1.86 bits per heavy atom. The Balaban J connectivity index is 0.000000461. The van der Waals surface area contributed by atoms with Gasteiger partial charge in [0.2, 0.25) is 0 Å². The summed E-state index contributed by atoms with van der Waals surface area (Å²) < 4.78 is 5.52.